The van der Waals surface area contributed by atoms with Crippen LogP contribution in [0.15, 0.2) is 67.4 Å². The molecular weight excluding hydrogens is 464 g/mol. The third-order valence-corrected chi connectivity index (χ3v) is 5.42. The Morgan fingerprint density at radius 2 is 2.03 bits per heavy atom. The molecule has 1 N–H and O–H groups in total. The number of aryl methyl sites for hydroxylation is 2. The number of hydrogen-bond donors (Lipinski definition) is 1. The molecule has 1 aromatic carbocycles. The van der Waals surface area contributed by atoms with Gasteiger partial charge in [-0.1, -0.05) is 0 Å². The third-order valence-electron chi connectivity index (χ3n) is 5.42. The van der Waals surface area contributed by atoms with Gasteiger partial charge in [0.25, 0.3) is 11.6 Å². The molecule has 0 atom stereocenters. The van der Waals surface area contributed by atoms with Gasteiger partial charge in [0.15, 0.2) is 5.65 Å². The highest BCUT2D eigenvalue weighted by Gasteiger charge is 2.20. The highest BCUT2D eigenvalue weighted by atomic mass is 16.6. The Hall–Kier alpha value is -5.13. The van der Waals surface area contributed by atoms with Crippen molar-refractivity contribution in [2.24, 2.45) is 0 Å². The highest BCUT2D eigenvalue weighted by molar-refractivity contribution is 6.08. The van der Waals surface area contributed by atoms with Crippen LogP contribution in [0.5, 0.6) is 11.5 Å². The molecular formula is C24H20N8O4. The Bertz CT molecular complexity index is 1590. The second kappa shape index (κ2) is 9.25. The summed E-state index contributed by atoms with van der Waals surface area (Å²) in [5.41, 5.74) is 2.92. The average molecular weight is 484 g/mol. The van der Waals surface area contributed by atoms with Crippen molar-refractivity contribution in [2.75, 3.05) is 5.32 Å². The number of nitrogens with zero attached hydrogens (tertiary/aromatic N) is 7. The molecule has 0 aliphatic carbocycles. The summed E-state index contributed by atoms with van der Waals surface area (Å²) in [4.78, 5) is 32.4. The number of rotatable bonds is 7. The van der Waals surface area contributed by atoms with Crippen molar-refractivity contribution in [3.05, 3.63) is 88.8 Å². The van der Waals surface area contributed by atoms with E-state index in [4.69, 9.17) is 4.74 Å². The molecule has 0 spiro atoms. The van der Waals surface area contributed by atoms with Crippen molar-refractivity contribution < 1.29 is 14.5 Å². The van der Waals surface area contributed by atoms with Crippen LogP contribution >= 0.6 is 0 Å². The Labute approximate surface area is 204 Å². The lowest BCUT2D eigenvalue weighted by molar-refractivity contribution is -0.384. The van der Waals surface area contributed by atoms with E-state index < -0.39 is 10.8 Å². The molecule has 0 radical (unpaired) electrons. The lowest BCUT2D eigenvalue weighted by Gasteiger charge is -2.09. The first-order valence-electron chi connectivity index (χ1n) is 11.0. The number of non-ortho nitro benzene ring substituents is 1. The summed E-state index contributed by atoms with van der Waals surface area (Å²) >= 11 is 0. The van der Waals surface area contributed by atoms with E-state index in [0.717, 1.165) is 23.5 Å². The van der Waals surface area contributed by atoms with Gasteiger partial charge in [-0.25, -0.2) is 9.50 Å². The minimum Gasteiger partial charge on any atom is -0.455 e. The second-order valence-electron chi connectivity index (χ2n) is 7.83. The first-order chi connectivity index (χ1) is 17.4. The number of carbonyl (C=O) groups is 1. The van der Waals surface area contributed by atoms with Crippen molar-refractivity contribution in [2.45, 2.75) is 20.4 Å². The monoisotopic (exact) mass is 484 g/mol. The molecule has 0 saturated heterocycles. The number of carbonyl (C=O) groups excluding carboxylic acids is 1. The molecule has 4 aromatic heterocycles. The lowest BCUT2D eigenvalue weighted by Crippen LogP contribution is -2.12. The fourth-order valence-electron chi connectivity index (χ4n) is 3.75. The van der Waals surface area contributed by atoms with E-state index in [2.05, 4.69) is 25.5 Å². The lowest BCUT2D eigenvalue weighted by atomic mass is 10.2. The van der Waals surface area contributed by atoms with E-state index in [1.807, 2.05) is 24.7 Å². The number of nitro benzene ring substituents is 1. The zero-order valence-corrected chi connectivity index (χ0v) is 19.3. The predicted octanol–water partition coefficient (Wildman–Crippen LogP) is 4.27. The molecule has 0 unspecified atom stereocenters. The van der Waals surface area contributed by atoms with Crippen LogP contribution < -0.4 is 10.1 Å². The SMILES string of the molecule is CCn1cc(-c2ccnc3c(C(=O)Nc4cc(Oc5cccnc5)cc([N+](=O)[O-])c4)cnn23)c(C)n1. The number of anilines is 1. The van der Waals surface area contributed by atoms with Crippen LogP contribution in [0.4, 0.5) is 11.4 Å². The average Bonchev–Trinajstić information content (AvgIpc) is 3.48. The molecule has 1 amide bonds. The number of hydrogen-bond acceptors (Lipinski definition) is 8. The molecule has 5 aromatic rings. The van der Waals surface area contributed by atoms with Crippen LogP contribution in [0.25, 0.3) is 16.9 Å². The predicted molar refractivity (Wildman–Crippen MR) is 130 cm³/mol. The Morgan fingerprint density at radius 3 is 2.75 bits per heavy atom. The first kappa shape index (κ1) is 22.7. The number of benzene rings is 1. The van der Waals surface area contributed by atoms with Gasteiger partial charge >= 0.3 is 0 Å². The van der Waals surface area contributed by atoms with Crippen molar-refractivity contribution in [3.8, 4) is 22.8 Å². The molecule has 12 heteroatoms. The highest BCUT2D eigenvalue weighted by Crippen LogP contribution is 2.30. The van der Waals surface area contributed by atoms with E-state index in [1.54, 1.807) is 35.1 Å². The fourth-order valence-corrected chi connectivity index (χ4v) is 3.75. The van der Waals surface area contributed by atoms with Crippen LogP contribution in [0, 0.1) is 17.0 Å². The normalized spacial score (nSPS) is 10.9. The van der Waals surface area contributed by atoms with Crippen molar-refractivity contribution in [3.63, 3.8) is 0 Å². The summed E-state index contributed by atoms with van der Waals surface area (Å²) in [5, 5.41) is 23.0. The second-order valence-corrected chi connectivity index (χ2v) is 7.83. The van der Waals surface area contributed by atoms with Crippen molar-refractivity contribution in [1.82, 2.24) is 29.4 Å². The van der Waals surface area contributed by atoms with E-state index in [-0.39, 0.29) is 22.7 Å². The van der Waals surface area contributed by atoms with Gasteiger partial charge in [0.05, 0.1) is 40.5 Å². The maximum Gasteiger partial charge on any atom is 0.275 e. The number of fused-ring (bicyclic) bond motifs is 1. The zero-order valence-electron chi connectivity index (χ0n) is 19.3. The van der Waals surface area contributed by atoms with Crippen LogP contribution in [-0.4, -0.2) is 40.2 Å². The molecule has 0 aliphatic rings. The van der Waals surface area contributed by atoms with Gasteiger partial charge in [0.2, 0.25) is 0 Å². The first-order valence-corrected chi connectivity index (χ1v) is 11.0. The topological polar surface area (TPSA) is 142 Å². The van der Waals surface area contributed by atoms with Gasteiger partial charge in [0.1, 0.15) is 17.1 Å². The number of nitrogens with one attached hydrogen (secondary N) is 1. The van der Waals surface area contributed by atoms with E-state index in [9.17, 15) is 14.9 Å². The van der Waals surface area contributed by atoms with Crippen LogP contribution in [0.1, 0.15) is 23.0 Å². The van der Waals surface area contributed by atoms with Gasteiger partial charge in [-0.05, 0) is 32.0 Å². The maximum absolute atomic E-state index is 13.2. The zero-order chi connectivity index (χ0) is 25.2. The minimum atomic E-state index is -0.562. The van der Waals surface area contributed by atoms with E-state index >= 15 is 0 Å². The van der Waals surface area contributed by atoms with Crippen molar-refractivity contribution >= 4 is 22.9 Å². The molecule has 0 bridgehead atoms. The number of aromatic nitrogens is 6. The third kappa shape index (κ3) is 4.34. The van der Waals surface area contributed by atoms with E-state index in [0.29, 0.717) is 11.4 Å². The van der Waals surface area contributed by atoms with Crippen LogP contribution in [-0.2, 0) is 6.54 Å². The number of amides is 1. The van der Waals surface area contributed by atoms with Gasteiger partial charge in [-0.2, -0.15) is 10.2 Å². The Morgan fingerprint density at radius 1 is 1.17 bits per heavy atom. The largest absolute Gasteiger partial charge is 0.455 e. The van der Waals surface area contributed by atoms with Gasteiger partial charge in [-0.3, -0.25) is 24.6 Å². The fraction of sp³-hybridized carbons (Fsp3) is 0.125. The quantitative estimate of drug-likeness (QED) is 0.267. The molecule has 36 heavy (non-hydrogen) atoms. The maximum atomic E-state index is 13.2. The smallest absolute Gasteiger partial charge is 0.275 e. The molecule has 12 nitrogen and oxygen atoms in total. The summed E-state index contributed by atoms with van der Waals surface area (Å²) in [6, 6.07) is 9.15. The van der Waals surface area contributed by atoms with Crippen LogP contribution in [0.3, 0.4) is 0 Å². The Balaban J connectivity index is 1.47. The standard InChI is InChI=1S/C24H20N8O4/c1-3-30-14-21(15(2)29-30)22-6-8-26-23-20(13-27-31(22)23)24(33)28-16-9-17(32(34)35)11-19(10-16)36-18-5-4-7-25-12-18/h4-14H,3H2,1-2H3,(H,28,33). The summed E-state index contributed by atoms with van der Waals surface area (Å²) < 4.78 is 9.08. The summed E-state index contributed by atoms with van der Waals surface area (Å²) in [6.07, 6.45) is 7.98. The molecule has 180 valence electrons. The Kier molecular flexibility index (Phi) is 5.82. The molecule has 4 heterocycles. The minimum absolute atomic E-state index is 0.177. The summed E-state index contributed by atoms with van der Waals surface area (Å²) in [5.74, 6) is 0.0518. The summed E-state index contributed by atoms with van der Waals surface area (Å²) in [7, 11) is 0. The number of pyridine rings is 1. The molecule has 5 rings (SSSR count). The van der Waals surface area contributed by atoms with E-state index in [1.165, 1.54) is 30.6 Å². The molecule has 0 aliphatic heterocycles. The molecule has 0 fully saturated rings. The summed E-state index contributed by atoms with van der Waals surface area (Å²) in [6.45, 7) is 4.62. The number of nitro groups is 1. The molecule has 0 saturated carbocycles. The van der Waals surface area contributed by atoms with Crippen LogP contribution in [0.2, 0.25) is 0 Å². The number of ether oxygens (including phenoxy) is 1. The van der Waals surface area contributed by atoms with Gasteiger partial charge < -0.3 is 10.1 Å². The van der Waals surface area contributed by atoms with Gasteiger partial charge in [0, 0.05) is 42.8 Å². The van der Waals surface area contributed by atoms with Gasteiger partial charge in [-0.15, -0.1) is 0 Å². The van der Waals surface area contributed by atoms with Crippen molar-refractivity contribution in [1.29, 1.82) is 0 Å².